The van der Waals surface area contributed by atoms with Gasteiger partial charge in [0.25, 0.3) is 0 Å². The number of rotatable bonds is 1. The highest BCUT2D eigenvalue weighted by atomic mass is 35.5. The lowest BCUT2D eigenvalue weighted by atomic mass is 9.78. The summed E-state index contributed by atoms with van der Waals surface area (Å²) < 4.78 is 4.91. The Morgan fingerprint density at radius 3 is 2.75 bits per heavy atom. The van der Waals surface area contributed by atoms with Crippen LogP contribution in [-0.2, 0) is 4.74 Å². The van der Waals surface area contributed by atoms with E-state index in [-0.39, 0.29) is 5.41 Å². The van der Waals surface area contributed by atoms with Gasteiger partial charge in [0.05, 0.1) is 0 Å². The number of alkyl halides is 2. The van der Waals surface area contributed by atoms with Gasteiger partial charge in [0, 0.05) is 18.1 Å². The van der Waals surface area contributed by atoms with E-state index in [0.717, 1.165) is 24.3 Å². The maximum Gasteiger partial charge on any atom is 0.164 e. The van der Waals surface area contributed by atoms with Gasteiger partial charge in [-0.15, -0.1) is 0 Å². The molecule has 0 amide bonds. The summed E-state index contributed by atoms with van der Waals surface area (Å²) in [5, 5.41) is 0. The zero-order valence-electron chi connectivity index (χ0n) is 11.6. The molecule has 0 saturated heterocycles. The summed E-state index contributed by atoms with van der Waals surface area (Å²) in [7, 11) is 1.69. The van der Waals surface area contributed by atoms with Crippen molar-refractivity contribution in [2.24, 2.45) is 17.3 Å². The van der Waals surface area contributed by atoms with E-state index < -0.39 is 9.93 Å². The molecule has 110 valence electrons. The van der Waals surface area contributed by atoms with Crippen molar-refractivity contribution in [3.05, 3.63) is 22.8 Å². The number of hydrogen-bond donors (Lipinski definition) is 0. The van der Waals surface area contributed by atoms with Crippen LogP contribution in [0.4, 0.5) is 0 Å². The summed E-state index contributed by atoms with van der Waals surface area (Å²) in [6.07, 6.45) is 9.43. The molecule has 4 heteroatoms. The molecule has 4 aliphatic rings. The van der Waals surface area contributed by atoms with Crippen molar-refractivity contribution in [1.82, 2.24) is 0 Å². The Kier molecular flexibility index (Phi) is 2.92. The fourth-order valence-electron chi connectivity index (χ4n) is 5.48. The highest BCUT2D eigenvalue weighted by Crippen LogP contribution is 2.77. The van der Waals surface area contributed by atoms with Crippen LogP contribution in [0.2, 0.25) is 0 Å². The summed E-state index contributed by atoms with van der Waals surface area (Å²) in [5.41, 5.74) is 3.28. The molecule has 3 fully saturated rings. The third kappa shape index (κ3) is 1.29. The van der Waals surface area contributed by atoms with Crippen LogP contribution < -0.4 is 0 Å². The minimum atomic E-state index is -0.915. The molecule has 0 N–H and O–H groups in total. The lowest BCUT2D eigenvalue weighted by molar-refractivity contribution is 0.0562. The second-order valence-electron chi connectivity index (χ2n) is 6.86. The summed E-state index contributed by atoms with van der Waals surface area (Å²) in [4.78, 5) is 0. The third-order valence-corrected chi connectivity index (χ3v) is 7.87. The number of methoxy groups -OCH3 is 1. The van der Waals surface area contributed by atoms with E-state index in [9.17, 15) is 0 Å². The molecule has 4 atom stereocenters. The van der Waals surface area contributed by atoms with Gasteiger partial charge in [0.15, 0.2) is 4.33 Å². The average molecular weight is 334 g/mol. The topological polar surface area (TPSA) is 9.23 Å². The molecule has 0 aromatic rings. The average Bonchev–Trinajstić information content (AvgIpc) is 2.95. The van der Waals surface area contributed by atoms with E-state index in [4.69, 9.17) is 39.5 Å². The van der Waals surface area contributed by atoms with Crippen LogP contribution in [0.5, 0.6) is 0 Å². The van der Waals surface area contributed by atoms with Gasteiger partial charge in [-0.25, -0.2) is 0 Å². The van der Waals surface area contributed by atoms with Crippen molar-refractivity contribution < 1.29 is 4.74 Å². The van der Waals surface area contributed by atoms with E-state index >= 15 is 0 Å². The zero-order valence-corrected chi connectivity index (χ0v) is 13.9. The van der Waals surface area contributed by atoms with Gasteiger partial charge in [-0.1, -0.05) is 53.2 Å². The van der Waals surface area contributed by atoms with Crippen LogP contribution in [0.25, 0.3) is 0 Å². The molecule has 0 aliphatic heterocycles. The van der Waals surface area contributed by atoms with Crippen molar-refractivity contribution in [3.8, 4) is 0 Å². The minimum Gasteiger partial charge on any atom is -0.366 e. The van der Waals surface area contributed by atoms with Crippen LogP contribution in [0.15, 0.2) is 22.8 Å². The molecule has 20 heavy (non-hydrogen) atoms. The van der Waals surface area contributed by atoms with Gasteiger partial charge in [0.2, 0.25) is 0 Å². The predicted octanol–water partition coefficient (Wildman–Crippen LogP) is 5.21. The molecule has 3 saturated carbocycles. The molecule has 0 unspecified atom stereocenters. The first-order chi connectivity index (χ1) is 9.52. The number of hydrogen-bond acceptors (Lipinski definition) is 1. The number of allylic oxidation sites excluding steroid dienone is 1. The Balaban J connectivity index is 1.90. The normalized spacial score (nSPS) is 50.2. The Labute approximate surface area is 135 Å². The van der Waals surface area contributed by atoms with Crippen molar-refractivity contribution in [3.63, 3.8) is 0 Å². The first-order valence-corrected chi connectivity index (χ1v) is 8.67. The van der Waals surface area contributed by atoms with Crippen molar-refractivity contribution in [2.75, 3.05) is 7.11 Å². The van der Waals surface area contributed by atoms with E-state index in [1.54, 1.807) is 12.6 Å². The molecule has 4 rings (SSSR count). The van der Waals surface area contributed by atoms with Crippen molar-refractivity contribution in [2.45, 2.75) is 48.5 Å². The second kappa shape index (κ2) is 4.19. The molecule has 4 aliphatic carbocycles. The first-order valence-electron chi connectivity index (χ1n) is 7.48. The predicted molar refractivity (Wildman–Crippen MR) is 83.3 cm³/mol. The number of ether oxygens (including phenoxy) is 1. The quantitative estimate of drug-likeness (QED) is 0.473. The molecular formula is C16H19Cl3O. The molecule has 2 bridgehead atoms. The third-order valence-electron chi connectivity index (χ3n) is 6.32. The smallest absolute Gasteiger partial charge is 0.164 e. The van der Waals surface area contributed by atoms with Gasteiger partial charge in [-0.2, -0.15) is 0 Å². The van der Waals surface area contributed by atoms with Crippen LogP contribution >= 0.6 is 34.8 Å². The monoisotopic (exact) mass is 332 g/mol. The van der Waals surface area contributed by atoms with E-state index in [1.807, 2.05) is 0 Å². The highest BCUT2D eigenvalue weighted by Gasteiger charge is 2.77. The Hall–Kier alpha value is 0.310. The molecule has 1 spiro atoms. The Morgan fingerprint density at radius 2 is 2.05 bits per heavy atom. The van der Waals surface area contributed by atoms with Gasteiger partial charge >= 0.3 is 0 Å². The van der Waals surface area contributed by atoms with Gasteiger partial charge in [-0.3, -0.25) is 0 Å². The van der Waals surface area contributed by atoms with Gasteiger partial charge < -0.3 is 4.74 Å². The van der Waals surface area contributed by atoms with Crippen molar-refractivity contribution in [1.29, 1.82) is 0 Å². The molecule has 0 aromatic heterocycles. The standard InChI is InChI=1S/C16H19Cl3O/c1-20-15-8-13-12-5-3-2-4-10(12)6-14(13,16(15,18)19)7-11(15)9-17/h8-10,12H,2-7H2,1H3/b11-9+/t10-,12-,14-,15-/m1/s1. The highest BCUT2D eigenvalue weighted by molar-refractivity contribution is 6.51. The zero-order chi connectivity index (χ0) is 14.2. The summed E-state index contributed by atoms with van der Waals surface area (Å²) in [5.74, 6) is 1.41. The van der Waals surface area contributed by atoms with Gasteiger partial charge in [-0.05, 0) is 49.2 Å². The Morgan fingerprint density at radius 1 is 1.30 bits per heavy atom. The van der Waals surface area contributed by atoms with Crippen LogP contribution in [-0.4, -0.2) is 17.0 Å². The molecule has 0 aromatic carbocycles. The molecular weight excluding hydrogens is 315 g/mol. The van der Waals surface area contributed by atoms with Crippen LogP contribution in [0, 0.1) is 17.3 Å². The molecule has 1 nitrogen and oxygen atoms in total. The molecule has 0 heterocycles. The van der Waals surface area contributed by atoms with Crippen LogP contribution in [0.3, 0.4) is 0 Å². The Bertz CT molecular complexity index is 524. The first kappa shape index (κ1) is 13.9. The summed E-state index contributed by atoms with van der Waals surface area (Å²) in [6.45, 7) is 0. The van der Waals surface area contributed by atoms with Crippen molar-refractivity contribution >= 4 is 34.8 Å². The van der Waals surface area contributed by atoms with E-state index in [2.05, 4.69) is 6.08 Å². The molecule has 0 radical (unpaired) electrons. The second-order valence-corrected chi connectivity index (χ2v) is 8.41. The lowest BCUT2D eigenvalue weighted by Gasteiger charge is -2.37. The SMILES string of the molecule is CO[C@]12C=C3[C@@H]4CCCC[C@@H]4C[C@]3(C/C1=C\Cl)C2(Cl)Cl. The van der Waals surface area contributed by atoms with Gasteiger partial charge in [0.1, 0.15) is 5.60 Å². The summed E-state index contributed by atoms with van der Waals surface area (Å²) >= 11 is 19.9. The lowest BCUT2D eigenvalue weighted by Crippen LogP contribution is -2.45. The maximum absolute atomic E-state index is 6.91. The number of fused-ring (bicyclic) bond motifs is 3. The van der Waals surface area contributed by atoms with Crippen LogP contribution in [0.1, 0.15) is 38.5 Å². The maximum atomic E-state index is 6.91. The fraction of sp³-hybridized carbons (Fsp3) is 0.750. The largest absolute Gasteiger partial charge is 0.366 e. The van der Waals surface area contributed by atoms with E-state index in [1.165, 1.54) is 31.3 Å². The fourth-order valence-corrected chi connectivity index (χ4v) is 6.73. The van der Waals surface area contributed by atoms with E-state index in [0.29, 0.717) is 5.92 Å². The summed E-state index contributed by atoms with van der Waals surface area (Å²) in [6, 6.07) is 0. The minimum absolute atomic E-state index is 0.146. The number of halogens is 3.